The highest BCUT2D eigenvalue weighted by Gasteiger charge is 2.15. The predicted octanol–water partition coefficient (Wildman–Crippen LogP) is 4.39. The van der Waals surface area contributed by atoms with Crippen molar-refractivity contribution in [3.63, 3.8) is 0 Å². The molecule has 5 heteroatoms. The van der Waals surface area contributed by atoms with Gasteiger partial charge >= 0.3 is 6.09 Å². The van der Waals surface area contributed by atoms with Gasteiger partial charge in [-0.15, -0.1) is 0 Å². The van der Waals surface area contributed by atoms with Gasteiger partial charge in [0.2, 0.25) is 0 Å². The molecule has 23 heavy (non-hydrogen) atoms. The van der Waals surface area contributed by atoms with Crippen molar-refractivity contribution in [1.29, 1.82) is 0 Å². The van der Waals surface area contributed by atoms with Crippen molar-refractivity contribution < 1.29 is 14.3 Å². The Bertz CT molecular complexity index is 600. The average Bonchev–Trinajstić information content (AvgIpc) is 2.98. The standard InChI is InChI=1S/C18H23NO3S/c1-18(2,3)22-17(20)19-10-8-14-4-6-16(7-5-14)21-12-15-9-11-23-13-15/h4-7,9,11,13H,8,10,12H2,1-3H3,(H,19,20). The van der Waals surface area contributed by atoms with Crippen molar-refractivity contribution in [1.82, 2.24) is 5.32 Å². The molecule has 1 N–H and O–H groups in total. The number of ether oxygens (including phenoxy) is 2. The molecule has 0 aliphatic heterocycles. The Morgan fingerprint density at radius 1 is 1.13 bits per heavy atom. The van der Waals surface area contributed by atoms with Gasteiger partial charge in [0.1, 0.15) is 18.0 Å². The minimum Gasteiger partial charge on any atom is -0.489 e. The molecular formula is C18H23NO3S. The van der Waals surface area contributed by atoms with Crippen LogP contribution in [-0.4, -0.2) is 18.2 Å². The van der Waals surface area contributed by atoms with Crippen LogP contribution in [0.1, 0.15) is 31.9 Å². The number of carbonyl (C=O) groups is 1. The van der Waals surface area contributed by atoms with Crippen LogP contribution in [0.4, 0.5) is 4.79 Å². The first kappa shape index (κ1) is 17.3. The Balaban J connectivity index is 1.71. The van der Waals surface area contributed by atoms with E-state index < -0.39 is 5.60 Å². The van der Waals surface area contributed by atoms with Gasteiger partial charge < -0.3 is 14.8 Å². The van der Waals surface area contributed by atoms with Crippen molar-refractivity contribution in [2.45, 2.75) is 39.4 Å². The maximum absolute atomic E-state index is 11.5. The van der Waals surface area contributed by atoms with Crippen LogP contribution < -0.4 is 10.1 Å². The van der Waals surface area contributed by atoms with Crippen molar-refractivity contribution in [2.24, 2.45) is 0 Å². The summed E-state index contributed by atoms with van der Waals surface area (Å²) in [5.74, 6) is 0.847. The van der Waals surface area contributed by atoms with Gasteiger partial charge in [-0.1, -0.05) is 12.1 Å². The lowest BCUT2D eigenvalue weighted by atomic mass is 10.1. The molecular weight excluding hydrogens is 310 g/mol. The van der Waals surface area contributed by atoms with Gasteiger partial charge in [0.15, 0.2) is 0 Å². The van der Waals surface area contributed by atoms with Crippen LogP contribution in [0.25, 0.3) is 0 Å². The first-order valence-electron chi connectivity index (χ1n) is 7.62. The molecule has 0 fully saturated rings. The predicted molar refractivity (Wildman–Crippen MR) is 93.0 cm³/mol. The van der Waals surface area contributed by atoms with Crippen molar-refractivity contribution in [3.05, 3.63) is 52.2 Å². The molecule has 0 aliphatic rings. The highest BCUT2D eigenvalue weighted by molar-refractivity contribution is 7.07. The van der Waals surface area contributed by atoms with Gasteiger partial charge in [0.25, 0.3) is 0 Å². The number of benzene rings is 1. The molecule has 0 spiro atoms. The Hall–Kier alpha value is -2.01. The maximum atomic E-state index is 11.5. The number of thiophene rings is 1. The van der Waals surface area contributed by atoms with Crippen LogP contribution in [0, 0.1) is 0 Å². The molecule has 0 saturated carbocycles. The smallest absolute Gasteiger partial charge is 0.407 e. The first-order valence-corrected chi connectivity index (χ1v) is 8.56. The van der Waals surface area contributed by atoms with E-state index in [0.29, 0.717) is 13.2 Å². The lowest BCUT2D eigenvalue weighted by molar-refractivity contribution is 0.0528. The second kappa shape index (κ2) is 8.02. The lowest BCUT2D eigenvalue weighted by Gasteiger charge is -2.19. The maximum Gasteiger partial charge on any atom is 0.407 e. The number of hydrogen-bond donors (Lipinski definition) is 1. The molecule has 2 aromatic rings. The van der Waals surface area contributed by atoms with Crippen molar-refractivity contribution in [2.75, 3.05) is 6.54 Å². The topological polar surface area (TPSA) is 47.6 Å². The van der Waals surface area contributed by atoms with E-state index in [0.717, 1.165) is 17.7 Å². The van der Waals surface area contributed by atoms with Crippen molar-refractivity contribution >= 4 is 17.4 Å². The number of rotatable bonds is 6. The minimum absolute atomic E-state index is 0.381. The summed E-state index contributed by atoms with van der Waals surface area (Å²) in [7, 11) is 0. The fourth-order valence-corrected chi connectivity index (χ4v) is 2.57. The highest BCUT2D eigenvalue weighted by Crippen LogP contribution is 2.15. The third-order valence-corrected chi connectivity index (χ3v) is 3.72. The molecule has 1 amide bonds. The summed E-state index contributed by atoms with van der Waals surface area (Å²) in [5.41, 5.74) is 1.86. The molecule has 0 aliphatic carbocycles. The molecule has 124 valence electrons. The number of carbonyl (C=O) groups excluding carboxylic acids is 1. The van der Waals surface area contributed by atoms with Gasteiger partial charge in [-0.3, -0.25) is 0 Å². The van der Waals surface area contributed by atoms with E-state index in [9.17, 15) is 4.79 Å². The van der Waals surface area contributed by atoms with E-state index in [2.05, 4.69) is 16.8 Å². The van der Waals surface area contributed by atoms with Gasteiger partial charge in [-0.05, 0) is 67.3 Å². The van der Waals surface area contributed by atoms with E-state index in [4.69, 9.17) is 9.47 Å². The number of hydrogen-bond acceptors (Lipinski definition) is 4. The van der Waals surface area contributed by atoms with Crippen molar-refractivity contribution in [3.8, 4) is 5.75 Å². The number of nitrogens with one attached hydrogen (secondary N) is 1. The molecule has 0 atom stereocenters. The Labute approximate surface area is 141 Å². The summed E-state index contributed by atoms with van der Waals surface area (Å²) in [4.78, 5) is 11.5. The van der Waals surface area contributed by atoms with Gasteiger partial charge in [0, 0.05) is 6.54 Å². The molecule has 1 aromatic heterocycles. The molecule has 0 unspecified atom stereocenters. The van der Waals surface area contributed by atoms with Crippen LogP contribution >= 0.6 is 11.3 Å². The lowest BCUT2D eigenvalue weighted by Crippen LogP contribution is -2.33. The molecule has 4 nitrogen and oxygen atoms in total. The Kier molecular flexibility index (Phi) is 6.04. The van der Waals surface area contributed by atoms with Crippen LogP contribution in [0.2, 0.25) is 0 Å². The quantitative estimate of drug-likeness (QED) is 0.852. The van der Waals surface area contributed by atoms with Crippen LogP contribution in [-0.2, 0) is 17.8 Å². The summed E-state index contributed by atoms with van der Waals surface area (Å²) in [6.07, 6.45) is 0.373. The van der Waals surface area contributed by atoms with E-state index in [1.165, 1.54) is 5.56 Å². The Morgan fingerprint density at radius 3 is 2.48 bits per heavy atom. The summed E-state index contributed by atoms with van der Waals surface area (Å²) >= 11 is 1.67. The monoisotopic (exact) mass is 333 g/mol. The SMILES string of the molecule is CC(C)(C)OC(=O)NCCc1ccc(OCc2ccsc2)cc1. The summed E-state index contributed by atoms with van der Waals surface area (Å²) < 4.78 is 10.9. The van der Waals surface area contributed by atoms with Gasteiger partial charge in [0.05, 0.1) is 0 Å². The van der Waals surface area contributed by atoms with Crippen LogP contribution in [0.3, 0.4) is 0 Å². The fourth-order valence-electron chi connectivity index (χ4n) is 1.92. The molecule has 2 rings (SSSR count). The summed E-state index contributed by atoms with van der Waals surface area (Å²) in [6, 6.07) is 9.99. The second-order valence-corrected chi connectivity index (χ2v) is 7.02. The third kappa shape index (κ3) is 6.74. The molecule has 0 radical (unpaired) electrons. The van der Waals surface area contributed by atoms with Gasteiger partial charge in [-0.2, -0.15) is 11.3 Å². The van der Waals surface area contributed by atoms with E-state index in [1.54, 1.807) is 11.3 Å². The van der Waals surface area contributed by atoms with E-state index in [-0.39, 0.29) is 6.09 Å². The van der Waals surface area contributed by atoms with Crippen LogP contribution in [0.5, 0.6) is 5.75 Å². The van der Waals surface area contributed by atoms with Crippen LogP contribution in [0.15, 0.2) is 41.1 Å². The summed E-state index contributed by atoms with van der Waals surface area (Å²) in [5, 5.41) is 6.88. The Morgan fingerprint density at radius 2 is 1.87 bits per heavy atom. The minimum atomic E-state index is -0.467. The normalized spacial score (nSPS) is 11.1. The zero-order valence-corrected chi connectivity index (χ0v) is 14.6. The third-order valence-electron chi connectivity index (χ3n) is 2.99. The number of alkyl carbamates (subject to hydrolysis) is 1. The number of amides is 1. The largest absolute Gasteiger partial charge is 0.489 e. The zero-order valence-electron chi connectivity index (χ0n) is 13.8. The molecule has 1 aromatic carbocycles. The van der Waals surface area contributed by atoms with Gasteiger partial charge in [-0.25, -0.2) is 4.79 Å². The zero-order chi connectivity index (χ0) is 16.7. The van der Waals surface area contributed by atoms with E-state index in [1.807, 2.05) is 50.4 Å². The average molecular weight is 333 g/mol. The second-order valence-electron chi connectivity index (χ2n) is 6.24. The molecule has 0 saturated heterocycles. The first-order chi connectivity index (χ1) is 10.9. The summed E-state index contributed by atoms with van der Waals surface area (Å²) in [6.45, 7) is 6.68. The molecule has 0 bridgehead atoms. The molecule has 1 heterocycles. The fraction of sp³-hybridized carbons (Fsp3) is 0.389. The van der Waals surface area contributed by atoms with E-state index >= 15 is 0 Å². The highest BCUT2D eigenvalue weighted by atomic mass is 32.1.